The predicted octanol–water partition coefficient (Wildman–Crippen LogP) is 3.61. The molecule has 5 heteroatoms. The third kappa shape index (κ3) is 3.28. The molecule has 0 saturated heterocycles. The van der Waals surface area contributed by atoms with Crippen LogP contribution in [0.3, 0.4) is 0 Å². The van der Waals surface area contributed by atoms with Crippen molar-refractivity contribution in [2.75, 3.05) is 13.2 Å². The van der Waals surface area contributed by atoms with Gasteiger partial charge in [-0.25, -0.2) is 4.79 Å². The van der Waals surface area contributed by atoms with E-state index in [0.717, 1.165) is 18.0 Å². The highest BCUT2D eigenvalue weighted by atomic mass is 16.6. The summed E-state index contributed by atoms with van der Waals surface area (Å²) in [6.07, 6.45) is 5.32. The van der Waals surface area contributed by atoms with Crippen LogP contribution in [0.1, 0.15) is 47.6 Å². The second kappa shape index (κ2) is 6.54. The number of carbonyl (C=O) groups excluding carboxylic acids is 1. The Balaban J connectivity index is 1.55. The van der Waals surface area contributed by atoms with Crippen LogP contribution in [0.25, 0.3) is 0 Å². The number of hydrogen-bond donors (Lipinski definition) is 0. The van der Waals surface area contributed by atoms with Gasteiger partial charge in [0.2, 0.25) is 0 Å². The van der Waals surface area contributed by atoms with Crippen molar-refractivity contribution in [3.63, 3.8) is 0 Å². The third-order valence-electron chi connectivity index (χ3n) is 5.55. The highest BCUT2D eigenvalue weighted by molar-refractivity contribution is 5.68. The maximum absolute atomic E-state index is 12.6. The molecule has 2 heterocycles. The molecule has 5 nitrogen and oxygen atoms in total. The third-order valence-corrected chi connectivity index (χ3v) is 5.55. The molecular weight excluding hydrogens is 314 g/mol. The highest BCUT2D eigenvalue weighted by Gasteiger charge is 2.32. The molecule has 0 bridgehead atoms. The summed E-state index contributed by atoms with van der Waals surface area (Å²) in [5.41, 5.74) is 4.82. The second-order valence-electron chi connectivity index (χ2n) is 7.29. The van der Waals surface area contributed by atoms with Gasteiger partial charge in [0.25, 0.3) is 0 Å². The number of hydrogen-bond acceptors (Lipinski definition) is 3. The van der Waals surface area contributed by atoms with Gasteiger partial charge < -0.3 is 9.64 Å². The Morgan fingerprint density at radius 2 is 2.08 bits per heavy atom. The van der Waals surface area contributed by atoms with E-state index in [0.29, 0.717) is 19.7 Å². The number of aryl methyl sites for hydroxylation is 1. The lowest BCUT2D eigenvalue weighted by Gasteiger charge is -2.34. The molecule has 1 amide bonds. The summed E-state index contributed by atoms with van der Waals surface area (Å²) >= 11 is 0. The van der Waals surface area contributed by atoms with Crippen molar-refractivity contribution in [2.45, 2.75) is 38.6 Å². The average molecular weight is 339 g/mol. The van der Waals surface area contributed by atoms with Crippen LogP contribution in [0, 0.1) is 12.8 Å². The molecule has 0 N–H and O–H groups in total. The first-order chi connectivity index (χ1) is 12.1. The number of fused-ring (bicyclic) bond motifs is 1. The summed E-state index contributed by atoms with van der Waals surface area (Å²) in [5.74, 6) is 0.926. The first-order valence-electron chi connectivity index (χ1n) is 9.11. The van der Waals surface area contributed by atoms with E-state index in [1.54, 1.807) is 0 Å². The van der Waals surface area contributed by atoms with Crippen LogP contribution < -0.4 is 0 Å². The van der Waals surface area contributed by atoms with E-state index in [9.17, 15) is 4.79 Å². The molecule has 1 aliphatic heterocycles. The van der Waals surface area contributed by atoms with Crippen LogP contribution in [-0.2, 0) is 18.3 Å². The molecular formula is C20H25N3O2. The maximum atomic E-state index is 12.6. The van der Waals surface area contributed by atoms with Gasteiger partial charge in [-0.15, -0.1) is 0 Å². The van der Waals surface area contributed by atoms with E-state index in [-0.39, 0.29) is 12.0 Å². The molecule has 4 rings (SSSR count). The van der Waals surface area contributed by atoms with E-state index in [1.807, 2.05) is 28.9 Å². The first kappa shape index (κ1) is 16.2. The standard InChI is InChI=1S/C20H25N3O2/c1-14-18(11-21-22(14)2)19-13-23(12-16-5-3-4-6-17(16)19)20(24)25-10-9-15-7-8-15/h3-6,11,15,19H,7-10,12-13H2,1-2H3. The van der Waals surface area contributed by atoms with Crippen LogP contribution in [0.2, 0.25) is 0 Å². The monoisotopic (exact) mass is 339 g/mol. The number of benzene rings is 1. The van der Waals surface area contributed by atoms with Gasteiger partial charge in [0.05, 0.1) is 12.8 Å². The van der Waals surface area contributed by atoms with Gasteiger partial charge >= 0.3 is 6.09 Å². The van der Waals surface area contributed by atoms with Gasteiger partial charge in [0.1, 0.15) is 0 Å². The Labute approximate surface area is 148 Å². The zero-order valence-electron chi connectivity index (χ0n) is 14.9. The summed E-state index contributed by atoms with van der Waals surface area (Å²) in [5, 5.41) is 4.39. The van der Waals surface area contributed by atoms with Crippen LogP contribution >= 0.6 is 0 Å². The minimum atomic E-state index is -0.193. The van der Waals surface area contributed by atoms with E-state index in [2.05, 4.69) is 30.2 Å². The molecule has 2 aromatic rings. The number of nitrogens with zero attached hydrogens (tertiary/aromatic N) is 3. The lowest BCUT2D eigenvalue weighted by molar-refractivity contribution is 0.0934. The summed E-state index contributed by atoms with van der Waals surface area (Å²) < 4.78 is 7.43. The molecule has 1 aromatic heterocycles. The van der Waals surface area contributed by atoms with Gasteiger partial charge in [0.15, 0.2) is 0 Å². The van der Waals surface area contributed by atoms with Crippen molar-refractivity contribution in [2.24, 2.45) is 13.0 Å². The Morgan fingerprint density at radius 3 is 2.80 bits per heavy atom. The summed E-state index contributed by atoms with van der Waals surface area (Å²) in [4.78, 5) is 14.4. The predicted molar refractivity (Wildman–Crippen MR) is 95.3 cm³/mol. The van der Waals surface area contributed by atoms with Crippen LogP contribution in [0.4, 0.5) is 4.79 Å². The van der Waals surface area contributed by atoms with Gasteiger partial charge in [-0.1, -0.05) is 37.1 Å². The molecule has 1 unspecified atom stereocenters. The van der Waals surface area contributed by atoms with Crippen molar-refractivity contribution in [1.82, 2.24) is 14.7 Å². The quantitative estimate of drug-likeness (QED) is 0.855. The molecule has 1 fully saturated rings. The van der Waals surface area contributed by atoms with Crippen molar-refractivity contribution < 1.29 is 9.53 Å². The fourth-order valence-electron chi connectivity index (χ4n) is 3.68. The number of ether oxygens (including phenoxy) is 1. The lowest BCUT2D eigenvalue weighted by Crippen LogP contribution is -2.39. The molecule has 1 aliphatic carbocycles. The van der Waals surface area contributed by atoms with Crippen molar-refractivity contribution in [3.05, 3.63) is 52.8 Å². The summed E-state index contributed by atoms with van der Waals surface area (Å²) in [6.45, 7) is 3.89. The van der Waals surface area contributed by atoms with Crippen LogP contribution in [-0.4, -0.2) is 33.9 Å². The molecule has 25 heavy (non-hydrogen) atoms. The fourth-order valence-corrected chi connectivity index (χ4v) is 3.68. The zero-order chi connectivity index (χ0) is 17.4. The molecule has 1 atom stereocenters. The van der Waals surface area contributed by atoms with Gasteiger partial charge in [-0.3, -0.25) is 4.68 Å². The van der Waals surface area contributed by atoms with Crippen molar-refractivity contribution >= 4 is 6.09 Å². The SMILES string of the molecule is Cc1c(C2CN(C(=O)OCCC3CC3)Cc3ccccc32)cnn1C. The topological polar surface area (TPSA) is 47.4 Å². The number of rotatable bonds is 4. The smallest absolute Gasteiger partial charge is 0.410 e. The maximum Gasteiger partial charge on any atom is 0.410 e. The Kier molecular flexibility index (Phi) is 4.24. The molecule has 0 radical (unpaired) electrons. The minimum absolute atomic E-state index is 0.148. The fraction of sp³-hybridized carbons (Fsp3) is 0.500. The average Bonchev–Trinajstić information content (AvgIpc) is 3.39. The molecule has 0 spiro atoms. The Bertz CT molecular complexity index is 779. The second-order valence-corrected chi connectivity index (χ2v) is 7.29. The van der Waals surface area contributed by atoms with E-state index in [1.165, 1.54) is 29.5 Å². The Hall–Kier alpha value is -2.30. The number of amides is 1. The van der Waals surface area contributed by atoms with E-state index in [4.69, 9.17) is 4.74 Å². The normalized spacial score (nSPS) is 19.6. The number of carbonyl (C=O) groups is 1. The van der Waals surface area contributed by atoms with Gasteiger partial charge in [-0.05, 0) is 30.4 Å². The van der Waals surface area contributed by atoms with Crippen LogP contribution in [0.5, 0.6) is 0 Å². The lowest BCUT2D eigenvalue weighted by atomic mass is 9.85. The van der Waals surface area contributed by atoms with Crippen molar-refractivity contribution in [1.29, 1.82) is 0 Å². The number of aromatic nitrogens is 2. The molecule has 132 valence electrons. The Morgan fingerprint density at radius 1 is 1.28 bits per heavy atom. The van der Waals surface area contributed by atoms with Crippen LogP contribution in [0.15, 0.2) is 30.5 Å². The van der Waals surface area contributed by atoms with Crippen molar-refractivity contribution in [3.8, 4) is 0 Å². The van der Waals surface area contributed by atoms with E-state index >= 15 is 0 Å². The van der Waals surface area contributed by atoms with Gasteiger partial charge in [0, 0.05) is 37.3 Å². The minimum Gasteiger partial charge on any atom is -0.449 e. The first-order valence-corrected chi connectivity index (χ1v) is 9.11. The zero-order valence-corrected chi connectivity index (χ0v) is 14.9. The summed E-state index contributed by atoms with van der Waals surface area (Å²) in [7, 11) is 1.96. The molecule has 2 aliphatic rings. The van der Waals surface area contributed by atoms with Gasteiger partial charge in [-0.2, -0.15) is 5.10 Å². The summed E-state index contributed by atoms with van der Waals surface area (Å²) in [6, 6.07) is 8.38. The largest absolute Gasteiger partial charge is 0.449 e. The highest BCUT2D eigenvalue weighted by Crippen LogP contribution is 2.35. The molecule has 1 saturated carbocycles. The molecule has 1 aromatic carbocycles. The van der Waals surface area contributed by atoms with E-state index < -0.39 is 0 Å².